The van der Waals surface area contributed by atoms with Crippen LogP contribution in [0.5, 0.6) is 0 Å². The van der Waals surface area contributed by atoms with Gasteiger partial charge in [0, 0.05) is 18.5 Å². The number of hydrogen-bond acceptors (Lipinski definition) is 4. The quantitative estimate of drug-likeness (QED) is 0.674. The van der Waals surface area contributed by atoms with E-state index in [0.717, 1.165) is 10.6 Å². The van der Waals surface area contributed by atoms with Crippen molar-refractivity contribution in [3.05, 3.63) is 23.9 Å². The van der Waals surface area contributed by atoms with Crippen LogP contribution in [0.4, 0.5) is 0 Å². The maximum absolute atomic E-state index is 8.61. The third-order valence-electron chi connectivity index (χ3n) is 1.40. The molecule has 0 radical (unpaired) electrons. The van der Waals surface area contributed by atoms with Gasteiger partial charge in [0.25, 0.3) is 0 Å². The molecule has 66 valence electrons. The van der Waals surface area contributed by atoms with Crippen molar-refractivity contribution < 1.29 is 5.11 Å². The number of aromatic nitrogens is 1. The molecule has 3 N–H and O–H groups in total. The molecule has 0 bridgehead atoms. The Bertz CT molecular complexity index is 242. The molecule has 4 heteroatoms. The van der Waals surface area contributed by atoms with Crippen molar-refractivity contribution in [2.45, 2.75) is 11.6 Å². The van der Waals surface area contributed by atoms with Gasteiger partial charge in [-0.1, -0.05) is 6.07 Å². The largest absolute Gasteiger partial charge is 0.396 e. The molecule has 0 spiro atoms. The van der Waals surface area contributed by atoms with E-state index < -0.39 is 0 Å². The monoisotopic (exact) mass is 184 g/mol. The first-order valence-electron chi connectivity index (χ1n) is 3.76. The molecule has 0 atom stereocenters. The Morgan fingerprint density at radius 3 is 3.08 bits per heavy atom. The van der Waals surface area contributed by atoms with Gasteiger partial charge in [0.05, 0.1) is 6.61 Å². The maximum Gasteiger partial charge on any atom is 0.101 e. The van der Waals surface area contributed by atoms with Gasteiger partial charge in [0.2, 0.25) is 0 Å². The van der Waals surface area contributed by atoms with Gasteiger partial charge in [-0.25, -0.2) is 4.98 Å². The van der Waals surface area contributed by atoms with Crippen LogP contribution in [0.3, 0.4) is 0 Å². The summed E-state index contributed by atoms with van der Waals surface area (Å²) in [5, 5.41) is 9.54. The van der Waals surface area contributed by atoms with E-state index in [2.05, 4.69) is 4.98 Å². The van der Waals surface area contributed by atoms with Gasteiger partial charge in [0.15, 0.2) is 0 Å². The van der Waals surface area contributed by atoms with Gasteiger partial charge in [-0.2, -0.15) is 0 Å². The van der Waals surface area contributed by atoms with E-state index in [1.807, 2.05) is 12.1 Å². The van der Waals surface area contributed by atoms with Gasteiger partial charge in [0.1, 0.15) is 5.03 Å². The van der Waals surface area contributed by atoms with E-state index in [4.69, 9.17) is 10.8 Å². The summed E-state index contributed by atoms with van der Waals surface area (Å²) >= 11 is 1.53. The number of aliphatic hydroxyl groups is 1. The highest BCUT2D eigenvalue weighted by Gasteiger charge is 2.00. The molecule has 0 aliphatic heterocycles. The van der Waals surface area contributed by atoms with E-state index in [0.29, 0.717) is 12.3 Å². The molecule has 12 heavy (non-hydrogen) atoms. The van der Waals surface area contributed by atoms with Crippen LogP contribution in [0.1, 0.15) is 5.56 Å². The first-order chi connectivity index (χ1) is 5.88. The molecule has 1 aromatic rings. The first kappa shape index (κ1) is 9.51. The number of thioether (sulfide) groups is 1. The van der Waals surface area contributed by atoms with Crippen molar-refractivity contribution in [2.24, 2.45) is 5.73 Å². The molecule has 0 saturated heterocycles. The molecular weight excluding hydrogens is 172 g/mol. The molecule has 0 aliphatic carbocycles. The fraction of sp³-hybridized carbons (Fsp3) is 0.375. The lowest BCUT2D eigenvalue weighted by Crippen LogP contribution is -2.00. The highest BCUT2D eigenvalue weighted by molar-refractivity contribution is 7.99. The lowest BCUT2D eigenvalue weighted by atomic mass is 10.3. The average molecular weight is 184 g/mol. The maximum atomic E-state index is 8.61. The fourth-order valence-electron chi connectivity index (χ4n) is 0.852. The first-order valence-corrected chi connectivity index (χ1v) is 4.74. The van der Waals surface area contributed by atoms with Crippen LogP contribution in [0, 0.1) is 0 Å². The molecule has 3 nitrogen and oxygen atoms in total. The van der Waals surface area contributed by atoms with Gasteiger partial charge in [-0.3, -0.25) is 0 Å². The number of rotatable bonds is 4. The Balaban J connectivity index is 2.68. The zero-order chi connectivity index (χ0) is 8.81. The van der Waals surface area contributed by atoms with Crippen LogP contribution in [-0.4, -0.2) is 22.5 Å². The van der Waals surface area contributed by atoms with Crippen LogP contribution >= 0.6 is 11.8 Å². The molecule has 1 heterocycles. The van der Waals surface area contributed by atoms with E-state index in [1.54, 1.807) is 6.20 Å². The fourth-order valence-corrected chi connectivity index (χ4v) is 1.61. The normalized spacial score (nSPS) is 10.2. The van der Waals surface area contributed by atoms with Crippen LogP contribution in [-0.2, 0) is 6.54 Å². The summed E-state index contributed by atoms with van der Waals surface area (Å²) in [5.41, 5.74) is 6.54. The van der Waals surface area contributed by atoms with Crippen molar-refractivity contribution in [1.29, 1.82) is 0 Å². The van der Waals surface area contributed by atoms with Crippen LogP contribution in [0.2, 0.25) is 0 Å². The molecule has 0 aromatic carbocycles. The molecule has 0 saturated carbocycles. The lowest BCUT2D eigenvalue weighted by molar-refractivity contribution is 0.322. The Morgan fingerprint density at radius 1 is 1.58 bits per heavy atom. The van der Waals surface area contributed by atoms with Gasteiger partial charge in [-0.15, -0.1) is 11.8 Å². The van der Waals surface area contributed by atoms with Crippen LogP contribution in [0.15, 0.2) is 23.4 Å². The molecule has 1 rings (SSSR count). The SMILES string of the molecule is NCc1cccnc1SCCO. The molecule has 0 amide bonds. The summed E-state index contributed by atoms with van der Waals surface area (Å²) in [6.45, 7) is 0.673. The zero-order valence-corrected chi connectivity index (χ0v) is 7.55. The average Bonchev–Trinajstić information content (AvgIpc) is 2.15. The minimum Gasteiger partial charge on any atom is -0.396 e. The van der Waals surface area contributed by atoms with E-state index in [-0.39, 0.29) is 6.61 Å². The van der Waals surface area contributed by atoms with E-state index in [9.17, 15) is 0 Å². The Morgan fingerprint density at radius 2 is 2.42 bits per heavy atom. The number of hydrogen-bond donors (Lipinski definition) is 2. The zero-order valence-electron chi connectivity index (χ0n) is 6.73. The number of pyridine rings is 1. The summed E-state index contributed by atoms with van der Waals surface area (Å²) < 4.78 is 0. The summed E-state index contributed by atoms with van der Waals surface area (Å²) in [6, 6.07) is 3.82. The standard InChI is InChI=1S/C8H12N2OS/c9-6-7-2-1-3-10-8(7)12-5-4-11/h1-3,11H,4-6,9H2. The molecular formula is C8H12N2OS. The second-order valence-corrected chi connectivity index (χ2v) is 3.33. The summed E-state index contributed by atoms with van der Waals surface area (Å²) in [5.74, 6) is 0.671. The molecule has 0 unspecified atom stereocenters. The summed E-state index contributed by atoms with van der Waals surface area (Å²) in [4.78, 5) is 4.16. The number of nitrogens with zero attached hydrogens (tertiary/aromatic N) is 1. The molecule has 0 aliphatic rings. The van der Waals surface area contributed by atoms with Crippen LogP contribution < -0.4 is 5.73 Å². The Kier molecular flexibility index (Phi) is 4.07. The number of nitrogens with two attached hydrogens (primary N) is 1. The number of aliphatic hydroxyl groups excluding tert-OH is 1. The third kappa shape index (κ3) is 2.48. The smallest absolute Gasteiger partial charge is 0.101 e. The topological polar surface area (TPSA) is 59.1 Å². The molecule has 0 fully saturated rings. The Hall–Kier alpha value is -0.580. The van der Waals surface area contributed by atoms with Crippen molar-refractivity contribution in [3.8, 4) is 0 Å². The van der Waals surface area contributed by atoms with Gasteiger partial charge < -0.3 is 10.8 Å². The lowest BCUT2D eigenvalue weighted by Gasteiger charge is -2.03. The highest BCUT2D eigenvalue weighted by Crippen LogP contribution is 2.18. The van der Waals surface area contributed by atoms with E-state index in [1.165, 1.54) is 11.8 Å². The van der Waals surface area contributed by atoms with Crippen molar-refractivity contribution in [1.82, 2.24) is 4.98 Å². The predicted molar refractivity (Wildman–Crippen MR) is 49.9 cm³/mol. The summed E-state index contributed by atoms with van der Waals surface area (Å²) in [6.07, 6.45) is 1.73. The molecule has 1 aromatic heterocycles. The second-order valence-electron chi connectivity index (χ2n) is 2.24. The van der Waals surface area contributed by atoms with Crippen molar-refractivity contribution in [2.75, 3.05) is 12.4 Å². The van der Waals surface area contributed by atoms with Crippen LogP contribution in [0.25, 0.3) is 0 Å². The second kappa shape index (κ2) is 5.13. The minimum absolute atomic E-state index is 0.172. The van der Waals surface area contributed by atoms with E-state index >= 15 is 0 Å². The summed E-state index contributed by atoms with van der Waals surface area (Å²) in [7, 11) is 0. The Labute approximate surface area is 76.0 Å². The minimum atomic E-state index is 0.172. The van der Waals surface area contributed by atoms with Crippen molar-refractivity contribution >= 4 is 11.8 Å². The highest BCUT2D eigenvalue weighted by atomic mass is 32.2. The predicted octanol–water partition coefficient (Wildman–Crippen LogP) is 0.625. The van der Waals surface area contributed by atoms with Gasteiger partial charge in [-0.05, 0) is 11.6 Å². The third-order valence-corrected chi connectivity index (χ3v) is 2.43. The van der Waals surface area contributed by atoms with Crippen molar-refractivity contribution in [3.63, 3.8) is 0 Å². The van der Waals surface area contributed by atoms with Gasteiger partial charge >= 0.3 is 0 Å².